The molecule has 0 rings (SSSR count). The van der Waals surface area contributed by atoms with E-state index in [4.69, 9.17) is 0 Å². The SMILES string of the molecule is CC(C)CNC(=O)CN(C)C(=O)CCBr. The number of likely N-dealkylation sites (N-methyl/N-ethyl adjacent to an activating group) is 1. The predicted molar refractivity (Wildman–Crippen MR) is 63.9 cm³/mol. The Morgan fingerprint density at radius 3 is 2.47 bits per heavy atom. The highest BCUT2D eigenvalue weighted by Gasteiger charge is 2.11. The summed E-state index contributed by atoms with van der Waals surface area (Å²) in [5, 5.41) is 3.39. The fraction of sp³-hybridized carbons (Fsp3) is 0.800. The van der Waals surface area contributed by atoms with E-state index in [1.807, 2.05) is 13.8 Å². The van der Waals surface area contributed by atoms with E-state index < -0.39 is 0 Å². The maximum atomic E-state index is 11.3. The number of rotatable bonds is 6. The second-order valence-electron chi connectivity index (χ2n) is 3.89. The van der Waals surface area contributed by atoms with Crippen LogP contribution in [0.5, 0.6) is 0 Å². The Kier molecular flexibility index (Phi) is 7.38. The van der Waals surface area contributed by atoms with Crippen molar-refractivity contribution in [2.24, 2.45) is 5.92 Å². The van der Waals surface area contributed by atoms with Crippen molar-refractivity contribution < 1.29 is 9.59 Å². The van der Waals surface area contributed by atoms with Gasteiger partial charge in [-0.25, -0.2) is 0 Å². The van der Waals surface area contributed by atoms with E-state index in [0.29, 0.717) is 24.2 Å². The Bertz CT molecular complexity index is 219. The topological polar surface area (TPSA) is 49.4 Å². The number of hydrogen-bond donors (Lipinski definition) is 1. The molecule has 0 aliphatic rings. The van der Waals surface area contributed by atoms with Gasteiger partial charge in [-0.05, 0) is 5.92 Å². The summed E-state index contributed by atoms with van der Waals surface area (Å²) in [5.74, 6) is 0.304. The van der Waals surface area contributed by atoms with Crippen molar-refractivity contribution in [1.82, 2.24) is 10.2 Å². The van der Waals surface area contributed by atoms with Crippen LogP contribution in [0, 0.1) is 5.92 Å². The van der Waals surface area contributed by atoms with Gasteiger partial charge in [-0.1, -0.05) is 29.8 Å². The zero-order valence-electron chi connectivity index (χ0n) is 9.55. The summed E-state index contributed by atoms with van der Waals surface area (Å²) in [6, 6.07) is 0. The molecule has 0 saturated carbocycles. The third kappa shape index (κ3) is 7.36. The van der Waals surface area contributed by atoms with Gasteiger partial charge in [0.25, 0.3) is 0 Å². The molecule has 1 N–H and O–H groups in total. The summed E-state index contributed by atoms with van der Waals surface area (Å²) in [5.41, 5.74) is 0. The quantitative estimate of drug-likeness (QED) is 0.737. The van der Waals surface area contributed by atoms with Crippen LogP contribution in [0.4, 0.5) is 0 Å². The van der Waals surface area contributed by atoms with Crippen LogP contribution < -0.4 is 5.32 Å². The molecule has 15 heavy (non-hydrogen) atoms. The van der Waals surface area contributed by atoms with Gasteiger partial charge in [0.05, 0.1) is 6.54 Å². The first-order valence-electron chi connectivity index (χ1n) is 5.04. The molecule has 88 valence electrons. The van der Waals surface area contributed by atoms with Crippen LogP contribution in [0.1, 0.15) is 20.3 Å². The largest absolute Gasteiger partial charge is 0.354 e. The molecule has 0 spiro atoms. The third-order valence-corrected chi connectivity index (χ3v) is 2.22. The summed E-state index contributed by atoms with van der Waals surface area (Å²) in [4.78, 5) is 24.1. The maximum absolute atomic E-state index is 11.3. The van der Waals surface area contributed by atoms with E-state index in [1.165, 1.54) is 4.90 Å². The Balaban J connectivity index is 3.80. The summed E-state index contributed by atoms with van der Waals surface area (Å²) in [7, 11) is 1.64. The minimum atomic E-state index is -0.103. The number of nitrogens with zero attached hydrogens (tertiary/aromatic N) is 1. The molecule has 0 aromatic rings. The molecule has 0 heterocycles. The van der Waals surface area contributed by atoms with Crippen LogP contribution in [-0.2, 0) is 9.59 Å². The first-order valence-corrected chi connectivity index (χ1v) is 6.16. The second-order valence-corrected chi connectivity index (χ2v) is 4.68. The van der Waals surface area contributed by atoms with Gasteiger partial charge in [0, 0.05) is 25.3 Å². The summed E-state index contributed by atoms with van der Waals surface area (Å²) in [6.45, 7) is 4.85. The van der Waals surface area contributed by atoms with Gasteiger partial charge in [0.15, 0.2) is 0 Å². The Hall–Kier alpha value is -0.580. The van der Waals surface area contributed by atoms with E-state index in [9.17, 15) is 9.59 Å². The fourth-order valence-corrected chi connectivity index (χ4v) is 1.29. The second kappa shape index (κ2) is 7.68. The lowest BCUT2D eigenvalue weighted by Gasteiger charge is -2.16. The van der Waals surface area contributed by atoms with Crippen LogP contribution in [-0.4, -0.2) is 42.2 Å². The zero-order valence-corrected chi connectivity index (χ0v) is 11.1. The third-order valence-electron chi connectivity index (χ3n) is 1.82. The molecule has 0 aliphatic heterocycles. The van der Waals surface area contributed by atoms with Gasteiger partial charge >= 0.3 is 0 Å². The van der Waals surface area contributed by atoms with Crippen LogP contribution in [0.25, 0.3) is 0 Å². The van der Waals surface area contributed by atoms with E-state index in [0.717, 1.165) is 0 Å². The molecule has 0 unspecified atom stereocenters. The average molecular weight is 279 g/mol. The van der Waals surface area contributed by atoms with Gasteiger partial charge in [0.2, 0.25) is 11.8 Å². The van der Waals surface area contributed by atoms with Crippen LogP contribution >= 0.6 is 15.9 Å². The van der Waals surface area contributed by atoms with Crippen molar-refractivity contribution in [3.05, 3.63) is 0 Å². The van der Waals surface area contributed by atoms with Crippen molar-refractivity contribution in [1.29, 1.82) is 0 Å². The summed E-state index contributed by atoms with van der Waals surface area (Å²) in [6.07, 6.45) is 0.425. The molecule has 4 nitrogen and oxygen atoms in total. The number of amides is 2. The van der Waals surface area contributed by atoms with Crippen molar-refractivity contribution in [3.63, 3.8) is 0 Å². The lowest BCUT2D eigenvalue weighted by Crippen LogP contribution is -2.39. The first-order chi connectivity index (χ1) is 6.97. The highest BCUT2D eigenvalue weighted by Crippen LogP contribution is 1.94. The lowest BCUT2D eigenvalue weighted by molar-refractivity contribution is -0.134. The van der Waals surface area contributed by atoms with Crippen LogP contribution in [0.2, 0.25) is 0 Å². The number of alkyl halides is 1. The summed E-state index contributed by atoms with van der Waals surface area (Å²) >= 11 is 3.19. The van der Waals surface area contributed by atoms with Gasteiger partial charge in [0.1, 0.15) is 0 Å². The van der Waals surface area contributed by atoms with E-state index >= 15 is 0 Å². The van der Waals surface area contributed by atoms with Crippen LogP contribution in [0.3, 0.4) is 0 Å². The summed E-state index contributed by atoms with van der Waals surface area (Å²) < 4.78 is 0. The number of hydrogen-bond acceptors (Lipinski definition) is 2. The molecule has 0 radical (unpaired) electrons. The highest BCUT2D eigenvalue weighted by molar-refractivity contribution is 9.09. The number of halogens is 1. The predicted octanol–water partition coefficient (Wildman–Crippen LogP) is 1.00. The van der Waals surface area contributed by atoms with Crippen LogP contribution in [0.15, 0.2) is 0 Å². The number of nitrogens with one attached hydrogen (secondary N) is 1. The minimum Gasteiger partial charge on any atom is -0.354 e. The van der Waals surface area contributed by atoms with Crippen molar-refractivity contribution >= 4 is 27.7 Å². The van der Waals surface area contributed by atoms with Gasteiger partial charge < -0.3 is 10.2 Å². The number of carbonyl (C=O) groups is 2. The van der Waals surface area contributed by atoms with E-state index in [1.54, 1.807) is 7.05 Å². The Labute approximate surface area is 99.5 Å². The Morgan fingerprint density at radius 2 is 2.00 bits per heavy atom. The molecule has 0 fully saturated rings. The van der Waals surface area contributed by atoms with Gasteiger partial charge in [-0.15, -0.1) is 0 Å². The molecule has 0 aliphatic carbocycles. The molecule has 0 atom stereocenters. The zero-order chi connectivity index (χ0) is 11.8. The Morgan fingerprint density at radius 1 is 1.40 bits per heavy atom. The molecule has 2 amide bonds. The number of carbonyl (C=O) groups excluding carboxylic acids is 2. The molecule has 0 bridgehead atoms. The minimum absolute atomic E-state index is 0.0217. The first kappa shape index (κ1) is 14.4. The molecule has 5 heteroatoms. The normalized spacial score (nSPS) is 10.2. The lowest BCUT2D eigenvalue weighted by atomic mass is 10.2. The molecule has 0 aromatic carbocycles. The molecule has 0 saturated heterocycles. The van der Waals surface area contributed by atoms with Crippen molar-refractivity contribution in [2.45, 2.75) is 20.3 Å². The van der Waals surface area contributed by atoms with Gasteiger partial charge in [-0.2, -0.15) is 0 Å². The average Bonchev–Trinajstić information content (AvgIpc) is 2.15. The van der Waals surface area contributed by atoms with E-state index in [-0.39, 0.29) is 18.4 Å². The monoisotopic (exact) mass is 278 g/mol. The highest BCUT2D eigenvalue weighted by atomic mass is 79.9. The smallest absolute Gasteiger partial charge is 0.239 e. The molecular formula is C10H19BrN2O2. The standard InChI is InChI=1S/C10H19BrN2O2/c1-8(2)6-12-9(14)7-13(3)10(15)4-5-11/h8H,4-7H2,1-3H3,(H,12,14). The van der Waals surface area contributed by atoms with Gasteiger partial charge in [-0.3, -0.25) is 9.59 Å². The fourth-order valence-electron chi connectivity index (χ4n) is 0.949. The van der Waals surface area contributed by atoms with E-state index in [2.05, 4.69) is 21.2 Å². The molecular weight excluding hydrogens is 260 g/mol. The maximum Gasteiger partial charge on any atom is 0.239 e. The van der Waals surface area contributed by atoms with Crippen molar-refractivity contribution in [3.8, 4) is 0 Å². The molecule has 0 aromatic heterocycles. The van der Waals surface area contributed by atoms with Crippen molar-refractivity contribution in [2.75, 3.05) is 25.5 Å².